The molecule has 0 atom stereocenters. The van der Waals surface area contributed by atoms with Crippen LogP contribution in [0.4, 0.5) is 0 Å². The average Bonchev–Trinajstić information content (AvgIpc) is 2.60. The summed E-state index contributed by atoms with van der Waals surface area (Å²) in [4.78, 5) is 6.17. The topological polar surface area (TPSA) is 24.9 Å². The third-order valence-corrected chi connectivity index (χ3v) is 4.51. The summed E-state index contributed by atoms with van der Waals surface area (Å²) in [7, 11) is 0. The van der Waals surface area contributed by atoms with Crippen LogP contribution in [-0.2, 0) is 18.7 Å². The Hall–Kier alpha value is -0.0600. The van der Waals surface area contributed by atoms with Crippen molar-refractivity contribution >= 4 is 23.1 Å². The molecule has 0 aliphatic carbocycles. The number of nitrogens with one attached hydrogen (secondary N) is 1. The van der Waals surface area contributed by atoms with Crippen LogP contribution >= 0.6 is 23.1 Å². The number of aromatic nitrogens is 1. The molecule has 0 spiro atoms. The summed E-state index contributed by atoms with van der Waals surface area (Å²) in [5.74, 6) is 2.43. The van der Waals surface area contributed by atoms with Crippen molar-refractivity contribution in [3.05, 3.63) is 15.6 Å². The standard InChI is InChI=1S/C10H16N2S2/c1-2-4-11-6-10-12-8-3-5-13-7-9(8)14-10/h11H,2-7H2,1H3. The molecule has 1 N–H and O–H groups in total. The van der Waals surface area contributed by atoms with Crippen LogP contribution in [0.15, 0.2) is 0 Å². The van der Waals surface area contributed by atoms with Gasteiger partial charge in [-0.3, -0.25) is 0 Å². The molecule has 0 amide bonds. The molecule has 2 heterocycles. The fourth-order valence-corrected chi connectivity index (χ4v) is 3.73. The fraction of sp³-hybridized carbons (Fsp3) is 0.700. The third-order valence-electron chi connectivity index (χ3n) is 2.24. The second-order valence-electron chi connectivity index (χ2n) is 3.46. The lowest BCUT2D eigenvalue weighted by atomic mass is 10.3. The number of thioether (sulfide) groups is 1. The van der Waals surface area contributed by atoms with Gasteiger partial charge in [-0.1, -0.05) is 6.92 Å². The average molecular weight is 228 g/mol. The van der Waals surface area contributed by atoms with E-state index in [9.17, 15) is 0 Å². The highest BCUT2D eigenvalue weighted by Gasteiger charge is 2.14. The van der Waals surface area contributed by atoms with Crippen LogP contribution in [0.1, 0.15) is 28.9 Å². The van der Waals surface area contributed by atoms with E-state index in [2.05, 4.69) is 17.2 Å². The Bertz CT molecular complexity index is 273. The van der Waals surface area contributed by atoms with E-state index in [4.69, 9.17) is 0 Å². The van der Waals surface area contributed by atoms with Crippen LogP contribution < -0.4 is 5.32 Å². The first-order valence-corrected chi connectivity index (χ1v) is 7.13. The maximum atomic E-state index is 4.67. The highest BCUT2D eigenvalue weighted by atomic mass is 32.2. The SMILES string of the molecule is CCCNCc1nc2c(s1)CSCC2. The highest BCUT2D eigenvalue weighted by molar-refractivity contribution is 7.98. The van der Waals surface area contributed by atoms with Crippen LogP contribution in [0.5, 0.6) is 0 Å². The van der Waals surface area contributed by atoms with E-state index in [1.807, 2.05) is 23.1 Å². The quantitative estimate of drug-likeness (QED) is 0.801. The van der Waals surface area contributed by atoms with Crippen molar-refractivity contribution in [3.8, 4) is 0 Å². The van der Waals surface area contributed by atoms with Crippen molar-refractivity contribution in [2.75, 3.05) is 12.3 Å². The van der Waals surface area contributed by atoms with Gasteiger partial charge in [-0.25, -0.2) is 4.98 Å². The monoisotopic (exact) mass is 228 g/mol. The Morgan fingerprint density at radius 1 is 1.50 bits per heavy atom. The molecule has 4 heteroatoms. The molecular formula is C10H16N2S2. The third kappa shape index (κ3) is 2.49. The molecule has 1 aromatic rings. The summed E-state index contributed by atoms with van der Waals surface area (Å²) in [6.45, 7) is 4.24. The van der Waals surface area contributed by atoms with E-state index in [1.54, 1.807) is 0 Å². The van der Waals surface area contributed by atoms with Crippen LogP contribution in [0.2, 0.25) is 0 Å². The van der Waals surface area contributed by atoms with Crippen molar-refractivity contribution in [1.29, 1.82) is 0 Å². The summed E-state index contributed by atoms with van der Waals surface area (Å²) >= 11 is 3.92. The predicted molar refractivity (Wildman–Crippen MR) is 64.0 cm³/mol. The van der Waals surface area contributed by atoms with Gasteiger partial charge in [0.05, 0.1) is 5.69 Å². The second-order valence-corrected chi connectivity index (χ2v) is 5.73. The molecule has 0 saturated carbocycles. The normalized spacial score (nSPS) is 15.5. The minimum absolute atomic E-state index is 0.955. The maximum absolute atomic E-state index is 4.67. The van der Waals surface area contributed by atoms with E-state index in [1.165, 1.54) is 39.9 Å². The van der Waals surface area contributed by atoms with Crippen LogP contribution in [0.3, 0.4) is 0 Å². The lowest BCUT2D eigenvalue weighted by Crippen LogP contribution is -2.13. The highest BCUT2D eigenvalue weighted by Crippen LogP contribution is 2.29. The van der Waals surface area contributed by atoms with Crippen LogP contribution in [-0.4, -0.2) is 17.3 Å². The lowest BCUT2D eigenvalue weighted by Gasteiger charge is -2.06. The molecule has 14 heavy (non-hydrogen) atoms. The van der Waals surface area contributed by atoms with Crippen molar-refractivity contribution in [1.82, 2.24) is 10.3 Å². The molecule has 0 aromatic carbocycles. The van der Waals surface area contributed by atoms with Crippen molar-refractivity contribution in [3.63, 3.8) is 0 Å². The Labute approximate surface area is 93.5 Å². The Morgan fingerprint density at radius 2 is 2.43 bits per heavy atom. The number of aryl methyl sites for hydroxylation is 1. The largest absolute Gasteiger partial charge is 0.310 e. The van der Waals surface area contributed by atoms with Gasteiger partial charge in [0.2, 0.25) is 0 Å². The summed E-state index contributed by atoms with van der Waals surface area (Å²) in [6, 6.07) is 0. The number of hydrogen-bond donors (Lipinski definition) is 1. The summed E-state index contributed by atoms with van der Waals surface area (Å²) < 4.78 is 0. The smallest absolute Gasteiger partial charge is 0.107 e. The molecule has 0 saturated heterocycles. The van der Waals surface area contributed by atoms with Crippen LogP contribution in [0.25, 0.3) is 0 Å². The molecular weight excluding hydrogens is 212 g/mol. The number of thiazole rings is 1. The Morgan fingerprint density at radius 3 is 3.21 bits per heavy atom. The van der Waals surface area contributed by atoms with Crippen molar-refractivity contribution < 1.29 is 0 Å². The van der Waals surface area contributed by atoms with E-state index in [0.29, 0.717) is 0 Å². The number of rotatable bonds is 4. The van der Waals surface area contributed by atoms with Gasteiger partial charge in [0.15, 0.2) is 0 Å². The van der Waals surface area contributed by atoms with Gasteiger partial charge in [-0.05, 0) is 25.1 Å². The van der Waals surface area contributed by atoms with Crippen molar-refractivity contribution in [2.24, 2.45) is 0 Å². The molecule has 2 nitrogen and oxygen atoms in total. The van der Waals surface area contributed by atoms with Gasteiger partial charge < -0.3 is 5.32 Å². The van der Waals surface area contributed by atoms with E-state index < -0.39 is 0 Å². The van der Waals surface area contributed by atoms with Gasteiger partial charge in [0.25, 0.3) is 0 Å². The van der Waals surface area contributed by atoms with Gasteiger partial charge in [-0.15, -0.1) is 11.3 Å². The Balaban J connectivity index is 1.94. The van der Waals surface area contributed by atoms with E-state index >= 15 is 0 Å². The molecule has 1 aliphatic rings. The van der Waals surface area contributed by atoms with E-state index in [0.717, 1.165) is 13.1 Å². The molecule has 1 aliphatic heterocycles. The molecule has 0 bridgehead atoms. The summed E-state index contributed by atoms with van der Waals surface area (Å²) in [5.41, 5.74) is 1.36. The zero-order valence-corrected chi connectivity index (χ0v) is 10.1. The first kappa shape index (κ1) is 10.5. The molecule has 0 unspecified atom stereocenters. The maximum Gasteiger partial charge on any atom is 0.107 e. The lowest BCUT2D eigenvalue weighted by molar-refractivity contribution is 0.671. The number of hydrogen-bond acceptors (Lipinski definition) is 4. The molecule has 2 rings (SSSR count). The number of nitrogens with zero attached hydrogens (tertiary/aromatic N) is 1. The zero-order chi connectivity index (χ0) is 9.80. The first-order chi connectivity index (χ1) is 6.90. The number of fused-ring (bicyclic) bond motifs is 1. The van der Waals surface area contributed by atoms with Crippen molar-refractivity contribution in [2.45, 2.75) is 32.1 Å². The predicted octanol–water partition coefficient (Wildman–Crippen LogP) is 2.43. The summed E-state index contributed by atoms with van der Waals surface area (Å²) in [6.07, 6.45) is 2.37. The molecule has 0 radical (unpaired) electrons. The fourth-order valence-electron chi connectivity index (χ4n) is 1.53. The van der Waals surface area contributed by atoms with E-state index in [-0.39, 0.29) is 0 Å². The van der Waals surface area contributed by atoms with Gasteiger partial charge in [0, 0.05) is 17.2 Å². The minimum Gasteiger partial charge on any atom is -0.310 e. The van der Waals surface area contributed by atoms with Gasteiger partial charge in [0.1, 0.15) is 5.01 Å². The molecule has 78 valence electrons. The first-order valence-electron chi connectivity index (χ1n) is 5.16. The second kappa shape index (κ2) is 5.14. The van der Waals surface area contributed by atoms with Gasteiger partial charge in [-0.2, -0.15) is 11.8 Å². The summed E-state index contributed by atoms with van der Waals surface area (Å²) in [5, 5.41) is 4.67. The van der Waals surface area contributed by atoms with Crippen LogP contribution in [0, 0.1) is 0 Å². The van der Waals surface area contributed by atoms with Gasteiger partial charge >= 0.3 is 0 Å². The molecule has 0 fully saturated rings. The minimum atomic E-state index is 0.955. The zero-order valence-electron chi connectivity index (χ0n) is 8.51. The Kier molecular flexibility index (Phi) is 3.84. The molecule has 1 aromatic heterocycles.